The van der Waals surface area contributed by atoms with Crippen LogP contribution in [-0.2, 0) is 11.2 Å². The Morgan fingerprint density at radius 2 is 2.12 bits per heavy atom. The number of pyridine rings is 1. The number of carbonyl (C=O) groups is 1. The van der Waals surface area contributed by atoms with E-state index in [4.69, 9.17) is 0 Å². The molecule has 6 nitrogen and oxygen atoms in total. The Balaban J connectivity index is 1.39. The molecule has 1 N–H and O–H groups in total. The minimum Gasteiger partial charge on any atom is -0.340 e. The molecule has 0 radical (unpaired) electrons. The van der Waals surface area contributed by atoms with Gasteiger partial charge in [-0.2, -0.15) is 5.10 Å². The molecule has 2 aromatic rings. The standard InChI is InChI=1S/C19H25N5O/c1-14(17-6-2-3-8-20-17)23-9-11-24(12-10-23)19(25)15-5-4-7-18-16(15)13-21-22-18/h2-3,6,8,13-15H,4-5,7,9-12H2,1H3,(H,21,22). The first-order valence-electron chi connectivity index (χ1n) is 9.20. The van der Waals surface area contributed by atoms with Crippen LogP contribution in [0.4, 0.5) is 0 Å². The average Bonchev–Trinajstić information content (AvgIpc) is 3.16. The van der Waals surface area contributed by atoms with E-state index >= 15 is 0 Å². The van der Waals surface area contributed by atoms with Crippen LogP contribution in [0.25, 0.3) is 0 Å². The van der Waals surface area contributed by atoms with E-state index in [1.807, 2.05) is 29.4 Å². The summed E-state index contributed by atoms with van der Waals surface area (Å²) in [6.45, 7) is 5.57. The molecule has 3 heterocycles. The Bertz CT molecular complexity index is 720. The zero-order chi connectivity index (χ0) is 17.2. The number of aromatic nitrogens is 3. The van der Waals surface area contributed by atoms with Gasteiger partial charge < -0.3 is 4.90 Å². The molecule has 2 aliphatic rings. The minimum atomic E-state index is -0.0118. The van der Waals surface area contributed by atoms with Gasteiger partial charge in [0.2, 0.25) is 5.91 Å². The minimum absolute atomic E-state index is 0.0118. The fourth-order valence-corrected chi connectivity index (χ4v) is 4.08. The van der Waals surface area contributed by atoms with Crippen molar-refractivity contribution in [3.63, 3.8) is 0 Å². The van der Waals surface area contributed by atoms with E-state index in [1.54, 1.807) is 0 Å². The number of aromatic amines is 1. The lowest BCUT2D eigenvalue weighted by molar-refractivity contribution is -0.135. The van der Waals surface area contributed by atoms with Crippen LogP contribution in [-0.4, -0.2) is 57.1 Å². The molecule has 2 aromatic heterocycles. The molecule has 1 aliphatic carbocycles. The third-order valence-corrected chi connectivity index (χ3v) is 5.63. The highest BCUT2D eigenvalue weighted by molar-refractivity contribution is 5.84. The number of nitrogens with one attached hydrogen (secondary N) is 1. The summed E-state index contributed by atoms with van der Waals surface area (Å²) in [6.07, 6.45) is 6.69. The molecule has 0 aromatic carbocycles. The van der Waals surface area contributed by atoms with Crippen molar-refractivity contribution in [2.75, 3.05) is 26.2 Å². The van der Waals surface area contributed by atoms with Gasteiger partial charge in [0.15, 0.2) is 0 Å². The van der Waals surface area contributed by atoms with Gasteiger partial charge in [-0.1, -0.05) is 6.07 Å². The maximum Gasteiger partial charge on any atom is 0.230 e. The summed E-state index contributed by atoms with van der Waals surface area (Å²) in [5.74, 6) is 0.259. The van der Waals surface area contributed by atoms with Crippen LogP contribution >= 0.6 is 0 Å². The van der Waals surface area contributed by atoms with Gasteiger partial charge in [0.25, 0.3) is 0 Å². The second kappa shape index (κ2) is 6.96. The van der Waals surface area contributed by atoms with Crippen LogP contribution in [0, 0.1) is 0 Å². The number of nitrogens with zero attached hydrogens (tertiary/aromatic N) is 4. The Kier molecular flexibility index (Phi) is 4.53. The van der Waals surface area contributed by atoms with Gasteiger partial charge in [-0.15, -0.1) is 0 Å². The van der Waals surface area contributed by atoms with Crippen LogP contribution in [0.15, 0.2) is 30.6 Å². The molecule has 0 spiro atoms. The lowest BCUT2D eigenvalue weighted by Crippen LogP contribution is -2.50. The summed E-state index contributed by atoms with van der Waals surface area (Å²) >= 11 is 0. The fourth-order valence-electron chi connectivity index (χ4n) is 4.08. The van der Waals surface area contributed by atoms with Gasteiger partial charge in [0, 0.05) is 49.7 Å². The zero-order valence-electron chi connectivity index (χ0n) is 14.7. The molecule has 0 bridgehead atoms. The van der Waals surface area contributed by atoms with Crippen LogP contribution in [0.3, 0.4) is 0 Å². The highest BCUT2D eigenvalue weighted by Crippen LogP contribution is 2.32. The van der Waals surface area contributed by atoms with E-state index in [1.165, 1.54) is 0 Å². The number of fused-ring (bicyclic) bond motifs is 1. The molecule has 0 saturated carbocycles. The maximum atomic E-state index is 13.0. The summed E-state index contributed by atoms with van der Waals surface area (Å²) in [7, 11) is 0. The summed E-state index contributed by atoms with van der Waals surface area (Å²) in [6, 6.07) is 6.34. The number of H-pyrrole nitrogens is 1. The van der Waals surface area contributed by atoms with Crippen molar-refractivity contribution < 1.29 is 4.79 Å². The van der Waals surface area contributed by atoms with Crippen molar-refractivity contribution >= 4 is 5.91 Å². The van der Waals surface area contributed by atoms with Crippen molar-refractivity contribution in [3.05, 3.63) is 47.5 Å². The van der Waals surface area contributed by atoms with Crippen LogP contribution < -0.4 is 0 Å². The Hall–Kier alpha value is -2.21. The topological polar surface area (TPSA) is 65.1 Å². The third-order valence-electron chi connectivity index (χ3n) is 5.63. The second-order valence-corrected chi connectivity index (χ2v) is 7.04. The number of hydrogen-bond donors (Lipinski definition) is 1. The molecular formula is C19H25N5O. The van der Waals surface area contributed by atoms with Crippen molar-refractivity contribution in [1.82, 2.24) is 25.0 Å². The van der Waals surface area contributed by atoms with E-state index < -0.39 is 0 Å². The molecule has 1 fully saturated rings. The molecule has 1 aliphatic heterocycles. The van der Waals surface area contributed by atoms with E-state index in [0.29, 0.717) is 0 Å². The monoisotopic (exact) mass is 339 g/mol. The molecule has 132 valence electrons. The highest BCUT2D eigenvalue weighted by atomic mass is 16.2. The summed E-state index contributed by atoms with van der Waals surface area (Å²) in [5.41, 5.74) is 3.35. The summed E-state index contributed by atoms with van der Waals surface area (Å²) < 4.78 is 0. The second-order valence-electron chi connectivity index (χ2n) is 7.04. The largest absolute Gasteiger partial charge is 0.340 e. The number of carbonyl (C=O) groups excluding carboxylic acids is 1. The number of rotatable bonds is 3. The Morgan fingerprint density at radius 3 is 2.88 bits per heavy atom. The van der Waals surface area contributed by atoms with E-state index in [2.05, 4.69) is 33.1 Å². The molecule has 2 unspecified atom stereocenters. The van der Waals surface area contributed by atoms with E-state index in [0.717, 1.165) is 62.4 Å². The average molecular weight is 339 g/mol. The van der Waals surface area contributed by atoms with Gasteiger partial charge >= 0.3 is 0 Å². The number of piperazine rings is 1. The molecule has 2 atom stereocenters. The van der Waals surface area contributed by atoms with Crippen molar-refractivity contribution in [2.45, 2.75) is 38.1 Å². The highest BCUT2D eigenvalue weighted by Gasteiger charge is 2.33. The summed E-state index contributed by atoms with van der Waals surface area (Å²) in [5, 5.41) is 7.19. The number of amides is 1. The molecule has 25 heavy (non-hydrogen) atoms. The SMILES string of the molecule is CC(c1ccccn1)N1CCN(C(=O)C2CCCc3[nH]ncc32)CC1. The first-order valence-corrected chi connectivity index (χ1v) is 9.20. The van der Waals surface area contributed by atoms with Crippen LogP contribution in [0.5, 0.6) is 0 Å². The molecular weight excluding hydrogens is 314 g/mol. The number of aryl methyl sites for hydroxylation is 1. The quantitative estimate of drug-likeness (QED) is 0.930. The predicted molar refractivity (Wildman–Crippen MR) is 95.1 cm³/mol. The van der Waals surface area contributed by atoms with E-state index in [9.17, 15) is 4.79 Å². The molecule has 4 rings (SSSR count). The molecule has 1 amide bonds. The summed E-state index contributed by atoms with van der Waals surface area (Å²) in [4.78, 5) is 21.9. The van der Waals surface area contributed by atoms with Crippen LogP contribution in [0.1, 0.15) is 48.7 Å². The van der Waals surface area contributed by atoms with E-state index in [-0.39, 0.29) is 17.9 Å². The third kappa shape index (κ3) is 3.18. The molecule has 6 heteroatoms. The maximum absolute atomic E-state index is 13.0. The van der Waals surface area contributed by atoms with Gasteiger partial charge in [-0.05, 0) is 38.3 Å². The molecule has 1 saturated heterocycles. The zero-order valence-corrected chi connectivity index (χ0v) is 14.7. The van der Waals surface area contributed by atoms with Crippen molar-refractivity contribution in [1.29, 1.82) is 0 Å². The van der Waals surface area contributed by atoms with Gasteiger partial charge in [0.05, 0.1) is 17.8 Å². The lowest BCUT2D eigenvalue weighted by Gasteiger charge is -2.39. The van der Waals surface area contributed by atoms with Crippen LogP contribution in [0.2, 0.25) is 0 Å². The normalized spacial score (nSPS) is 22.4. The fraction of sp³-hybridized carbons (Fsp3) is 0.526. The predicted octanol–water partition coefficient (Wildman–Crippen LogP) is 2.13. The first-order chi connectivity index (χ1) is 12.2. The van der Waals surface area contributed by atoms with Gasteiger partial charge in [0.1, 0.15) is 0 Å². The Morgan fingerprint density at radius 1 is 1.28 bits per heavy atom. The lowest BCUT2D eigenvalue weighted by atomic mass is 9.86. The van der Waals surface area contributed by atoms with Crippen molar-refractivity contribution in [3.8, 4) is 0 Å². The smallest absolute Gasteiger partial charge is 0.230 e. The van der Waals surface area contributed by atoms with Gasteiger partial charge in [-0.3, -0.25) is 19.8 Å². The first kappa shape index (κ1) is 16.3. The van der Waals surface area contributed by atoms with Crippen molar-refractivity contribution in [2.24, 2.45) is 0 Å². The number of hydrogen-bond acceptors (Lipinski definition) is 4. The van der Waals surface area contributed by atoms with Gasteiger partial charge in [-0.25, -0.2) is 0 Å². The Labute approximate surface area is 148 Å².